The number of rotatable bonds is 6. The van der Waals surface area contributed by atoms with E-state index in [1.54, 1.807) is 23.5 Å². The average Bonchev–Trinajstić information content (AvgIpc) is 3.84. The van der Waals surface area contributed by atoms with E-state index in [0.29, 0.717) is 0 Å². The molecule has 12 rings (SSSR count). The predicted octanol–water partition coefficient (Wildman–Crippen LogP) is 15.4. The first-order valence-electron chi connectivity index (χ1n) is 21.6. The van der Waals surface area contributed by atoms with Crippen LogP contribution in [0.2, 0.25) is 0 Å². The lowest BCUT2D eigenvalue weighted by atomic mass is 10.1. The summed E-state index contributed by atoms with van der Waals surface area (Å²) < 4.78 is 16.7. The molecule has 4 aromatic heterocycles. The van der Waals surface area contributed by atoms with E-state index in [2.05, 4.69) is 243 Å². The molecule has 0 saturated carbocycles. The third-order valence-electron chi connectivity index (χ3n) is 12.1. The van der Waals surface area contributed by atoms with Crippen LogP contribution in [0.4, 0.5) is 0 Å². The smallest absolute Gasteiger partial charge is 0.0814 e. The molecule has 4 heterocycles. The van der Waals surface area contributed by atoms with Crippen LogP contribution in [0.3, 0.4) is 0 Å². The van der Waals surface area contributed by atoms with Crippen molar-refractivity contribution >= 4 is 112 Å². The van der Waals surface area contributed by atoms with E-state index in [9.17, 15) is 0 Å². The lowest BCUT2D eigenvalue weighted by Gasteiger charge is -2.12. The number of nitrogens with zero attached hydrogens (tertiary/aromatic N) is 4. The largest absolute Gasteiger partial charge is 0.352 e. The maximum absolute atomic E-state index is 4.24. The number of nitrogens with one attached hydrogen (secondary N) is 4. The number of aromatic nitrogens is 8. The first-order chi connectivity index (χ1) is 32.1. The van der Waals surface area contributed by atoms with Crippen LogP contribution in [0.5, 0.6) is 0 Å². The Labute approximate surface area is 381 Å². The van der Waals surface area contributed by atoms with Gasteiger partial charge in [0.05, 0.1) is 77.8 Å². The number of aromatic amines is 4. The van der Waals surface area contributed by atoms with Crippen LogP contribution in [-0.4, -0.2) is 35.8 Å². The Bertz CT molecular complexity index is 3990. The predicted molar refractivity (Wildman–Crippen MR) is 277 cm³/mol. The molecule has 65 heavy (non-hydrogen) atoms. The summed E-state index contributed by atoms with van der Waals surface area (Å²) in [5.74, 6) is 0. The van der Waals surface area contributed by atoms with Crippen molar-refractivity contribution < 1.29 is 0 Å². The molecule has 4 N–H and O–H groups in total. The van der Waals surface area contributed by atoms with Crippen LogP contribution in [0.15, 0.2) is 195 Å². The van der Waals surface area contributed by atoms with Crippen molar-refractivity contribution in [2.75, 3.05) is 0 Å². The molecule has 0 unspecified atom stereocenters. The van der Waals surface area contributed by atoms with Gasteiger partial charge in [-0.25, -0.2) is 0 Å². The van der Waals surface area contributed by atoms with E-state index in [0.717, 1.165) is 89.0 Å². The minimum atomic E-state index is 0.947. The van der Waals surface area contributed by atoms with E-state index in [1.807, 2.05) is 6.08 Å². The molecule has 0 aliphatic carbocycles. The number of benzene rings is 8. The molecular formula is C55H42N8S2. The summed E-state index contributed by atoms with van der Waals surface area (Å²) >= 11 is 3.12. The highest BCUT2D eigenvalue weighted by atomic mass is 32.1. The fourth-order valence-electron chi connectivity index (χ4n) is 9.24. The van der Waals surface area contributed by atoms with Crippen molar-refractivity contribution in [3.8, 4) is 22.7 Å². The van der Waals surface area contributed by atoms with Crippen molar-refractivity contribution in [1.29, 1.82) is 0 Å². The second-order valence-corrected chi connectivity index (χ2v) is 17.5. The fraction of sp³-hybridized carbons (Fsp3) is 0.0182. The van der Waals surface area contributed by atoms with Crippen molar-refractivity contribution in [3.05, 3.63) is 206 Å². The van der Waals surface area contributed by atoms with Gasteiger partial charge in [-0.1, -0.05) is 97.6 Å². The highest BCUT2D eigenvalue weighted by Crippen LogP contribution is 2.36. The van der Waals surface area contributed by atoms with Crippen molar-refractivity contribution in [1.82, 2.24) is 35.8 Å². The maximum atomic E-state index is 4.24. The minimum Gasteiger partial charge on any atom is -0.352 e. The molecule has 0 fully saturated rings. The first-order valence-corrected chi connectivity index (χ1v) is 23.1. The summed E-state index contributed by atoms with van der Waals surface area (Å²) in [4.78, 5) is 7.64. The minimum absolute atomic E-state index is 0.947. The van der Waals surface area contributed by atoms with Crippen LogP contribution >= 0.6 is 23.5 Å². The Morgan fingerprint density at radius 1 is 0.415 bits per heavy atom. The van der Waals surface area contributed by atoms with Gasteiger partial charge < -0.3 is 19.1 Å². The average molecular weight is 879 g/mol. The second kappa shape index (κ2) is 15.9. The molecule has 314 valence electrons. The zero-order chi connectivity index (χ0) is 43.4. The number of hydrogen-bond acceptors (Lipinski definition) is 2. The van der Waals surface area contributed by atoms with Crippen LogP contribution in [-0.2, 0) is 0 Å². The summed E-state index contributed by atoms with van der Waals surface area (Å²) in [6.07, 6.45) is 6.24. The summed E-state index contributed by atoms with van der Waals surface area (Å²) in [7, 11) is 0. The molecule has 8 aromatic carbocycles. The van der Waals surface area contributed by atoms with Crippen LogP contribution < -0.4 is 0 Å². The molecule has 0 spiro atoms. The number of H-pyrrole nitrogens is 4. The Kier molecular flexibility index (Phi) is 9.40. The fourth-order valence-corrected chi connectivity index (χ4v) is 10.9. The van der Waals surface area contributed by atoms with Gasteiger partial charge in [-0.15, -0.1) is 0 Å². The van der Waals surface area contributed by atoms with Gasteiger partial charge in [-0.2, -0.15) is 0 Å². The van der Waals surface area contributed by atoms with E-state index >= 15 is 0 Å². The summed E-state index contributed by atoms with van der Waals surface area (Å²) in [6.45, 7) is 6.30. The SMILES string of the molecule is C=Cc1c(/C=C\C)c2cc(-n3s[nH]c4cc5[nH]c6ccccc6n(-c6ccc7c(c6)c6ccccc6n7-c6ccccc6)s[nH]c5cc4[nH]c4ccccc43)ccc2n1-c1ccccc1. The van der Waals surface area contributed by atoms with Crippen LogP contribution in [0, 0.1) is 0 Å². The zero-order valence-electron chi connectivity index (χ0n) is 35.4. The molecular weight excluding hydrogens is 837 g/mol. The third-order valence-corrected chi connectivity index (χ3v) is 13.9. The molecule has 0 amide bonds. The Morgan fingerprint density at radius 3 is 1.46 bits per heavy atom. The van der Waals surface area contributed by atoms with Gasteiger partial charge in [0.25, 0.3) is 0 Å². The van der Waals surface area contributed by atoms with E-state index in [4.69, 9.17) is 0 Å². The Morgan fingerprint density at radius 2 is 0.892 bits per heavy atom. The highest BCUT2D eigenvalue weighted by Gasteiger charge is 2.17. The number of hydrogen-bond donors (Lipinski definition) is 4. The normalized spacial score (nSPS) is 11.8. The van der Waals surface area contributed by atoms with Gasteiger partial charge in [0.1, 0.15) is 0 Å². The quantitative estimate of drug-likeness (QED) is 0.128. The second-order valence-electron chi connectivity index (χ2n) is 16.0. The van der Waals surface area contributed by atoms with Crippen LogP contribution in [0.25, 0.3) is 112 Å². The summed E-state index contributed by atoms with van der Waals surface area (Å²) in [6, 6.07) is 64.6. The molecule has 10 heteroatoms. The highest BCUT2D eigenvalue weighted by molar-refractivity contribution is 7.01. The number of allylic oxidation sites excluding steroid dienone is 1. The molecule has 0 bridgehead atoms. The molecule has 0 radical (unpaired) electrons. The molecule has 0 atom stereocenters. The van der Waals surface area contributed by atoms with Crippen molar-refractivity contribution in [3.63, 3.8) is 0 Å². The van der Waals surface area contributed by atoms with E-state index in [1.165, 1.54) is 21.8 Å². The van der Waals surface area contributed by atoms with Gasteiger partial charge in [-0.3, -0.25) is 16.7 Å². The lowest BCUT2D eigenvalue weighted by molar-refractivity contribution is 1.10. The van der Waals surface area contributed by atoms with Crippen molar-refractivity contribution in [2.24, 2.45) is 0 Å². The van der Waals surface area contributed by atoms with Gasteiger partial charge in [0, 0.05) is 56.6 Å². The summed E-state index contributed by atoms with van der Waals surface area (Å²) in [5, 5.41) is 3.56. The number of para-hydroxylation sites is 7. The van der Waals surface area contributed by atoms with Crippen LogP contribution in [0.1, 0.15) is 18.2 Å². The molecule has 8 nitrogen and oxygen atoms in total. The van der Waals surface area contributed by atoms with Crippen molar-refractivity contribution in [2.45, 2.75) is 6.92 Å². The van der Waals surface area contributed by atoms with E-state index in [-0.39, 0.29) is 0 Å². The monoisotopic (exact) mass is 878 g/mol. The molecule has 0 saturated heterocycles. The Hall–Kier alpha value is -8.18. The lowest BCUT2D eigenvalue weighted by Crippen LogP contribution is -1.98. The summed E-state index contributed by atoms with van der Waals surface area (Å²) in [5.41, 5.74) is 17.9. The van der Waals surface area contributed by atoms with Gasteiger partial charge in [0.15, 0.2) is 0 Å². The van der Waals surface area contributed by atoms with Gasteiger partial charge in [-0.05, 0) is 116 Å². The molecule has 0 aliphatic rings. The number of fused-ring (bicyclic) bond motifs is 8. The van der Waals surface area contributed by atoms with E-state index < -0.39 is 0 Å². The Balaban J connectivity index is 1.04. The van der Waals surface area contributed by atoms with Gasteiger partial charge >= 0.3 is 0 Å². The van der Waals surface area contributed by atoms with Gasteiger partial charge in [0.2, 0.25) is 0 Å². The standard InChI is InChI=1S/C55H42N8S2/c1-3-17-40-42-32-38(28-30-52(42)60(50(40)4-2)36-18-7-5-8-19-36)62-54-26-15-12-23-44(54)56-46-35-49-47(34-48(46)58-64-62)57-45-24-13-16-27-55(45)63(65-59-49)39-29-31-53-43(33-39)41-22-11-14-25-51(41)61(53)37-20-9-6-10-21-37/h3-35,56-59H,2H2,1H3/b17-3-. The molecule has 12 aromatic rings. The molecule has 0 aliphatic heterocycles. The maximum Gasteiger partial charge on any atom is 0.0814 e. The zero-order valence-corrected chi connectivity index (χ0v) is 37.0. The third kappa shape index (κ3) is 6.49. The first kappa shape index (κ1) is 38.5. The topological polar surface area (TPSA) is 82.9 Å².